The highest BCUT2D eigenvalue weighted by Crippen LogP contribution is 2.11. The third-order valence-electron chi connectivity index (χ3n) is 1.10. The number of carbonyl (C=O) groups excluding carboxylic acids is 1. The highest BCUT2D eigenvalue weighted by Gasteiger charge is 2.06. The summed E-state index contributed by atoms with van der Waals surface area (Å²) in [6.45, 7) is 0. The van der Waals surface area contributed by atoms with Gasteiger partial charge in [0, 0.05) is 6.20 Å². The Morgan fingerprint density at radius 2 is 2.45 bits per heavy atom. The molecule has 3 heteroatoms. The first-order chi connectivity index (χ1) is 5.25. The van der Waals surface area contributed by atoms with E-state index in [1.807, 2.05) is 5.92 Å². The maximum atomic E-state index is 10.9. The van der Waals surface area contributed by atoms with Crippen LogP contribution in [0.1, 0.15) is 10.5 Å². The highest BCUT2D eigenvalue weighted by atomic mass is 35.5. The van der Waals surface area contributed by atoms with Crippen LogP contribution < -0.4 is 0 Å². The topological polar surface area (TPSA) is 30.0 Å². The zero-order valence-corrected chi connectivity index (χ0v) is 6.30. The van der Waals surface area contributed by atoms with Gasteiger partial charge >= 0.3 is 0 Å². The van der Waals surface area contributed by atoms with Gasteiger partial charge in [-0.05, 0) is 18.1 Å². The molecule has 0 aliphatic heterocycles. The number of terminal acetylenes is 1. The minimum atomic E-state index is -0.490. The molecule has 1 rings (SSSR count). The van der Waals surface area contributed by atoms with Crippen LogP contribution in [0.3, 0.4) is 0 Å². The Morgan fingerprint density at radius 1 is 1.73 bits per heavy atom. The van der Waals surface area contributed by atoms with Gasteiger partial charge in [0.15, 0.2) is 0 Å². The molecule has 0 saturated carbocycles. The van der Waals surface area contributed by atoms with Crippen LogP contribution in [0.5, 0.6) is 0 Å². The molecule has 0 aliphatic rings. The van der Waals surface area contributed by atoms with Gasteiger partial charge in [0.1, 0.15) is 5.69 Å². The van der Waals surface area contributed by atoms with Crippen LogP contribution in [-0.2, 0) is 0 Å². The molecule has 0 saturated heterocycles. The molecule has 1 aromatic rings. The summed E-state index contributed by atoms with van der Waals surface area (Å²) in [5.74, 6) is 1.45. The number of Topliss-reactive ketones (excluding diaryl/α,β-unsaturated/α-hetero) is 1. The van der Waals surface area contributed by atoms with Crippen molar-refractivity contribution in [2.45, 2.75) is 0 Å². The summed E-state index contributed by atoms with van der Waals surface area (Å²) < 4.78 is 0. The second-order valence-electron chi connectivity index (χ2n) is 1.81. The number of rotatable bonds is 1. The van der Waals surface area contributed by atoms with Crippen LogP contribution in [-0.4, -0.2) is 10.8 Å². The van der Waals surface area contributed by atoms with Crippen molar-refractivity contribution in [1.29, 1.82) is 0 Å². The largest absolute Gasteiger partial charge is 0.277 e. The predicted molar refractivity (Wildman–Crippen MR) is 42.4 cm³/mol. The number of halogens is 1. The number of nitrogens with zero attached hydrogens (tertiary/aromatic N) is 1. The van der Waals surface area contributed by atoms with Crippen molar-refractivity contribution in [3.05, 3.63) is 29.0 Å². The van der Waals surface area contributed by atoms with Crippen LogP contribution in [0.15, 0.2) is 18.3 Å². The summed E-state index contributed by atoms with van der Waals surface area (Å²) in [6, 6.07) is 3.20. The van der Waals surface area contributed by atoms with E-state index in [0.717, 1.165) is 0 Å². The molecule has 54 valence electrons. The zero-order valence-electron chi connectivity index (χ0n) is 5.54. The van der Waals surface area contributed by atoms with Crippen LogP contribution >= 0.6 is 11.6 Å². The van der Waals surface area contributed by atoms with Gasteiger partial charge in [-0.25, -0.2) is 0 Å². The van der Waals surface area contributed by atoms with Gasteiger partial charge in [-0.2, -0.15) is 0 Å². The molecular formula is C8H4ClNO. The normalized spacial score (nSPS) is 8.73. The molecule has 0 amide bonds. The standard InChI is InChI=1S/C8H4ClNO/c1-2-7(11)8-6(9)4-3-5-10-8/h1,3-5H. The van der Waals surface area contributed by atoms with Gasteiger partial charge in [-0.15, -0.1) is 6.42 Å². The molecule has 0 spiro atoms. The molecule has 0 fully saturated rings. The molecule has 0 N–H and O–H groups in total. The van der Waals surface area contributed by atoms with E-state index in [-0.39, 0.29) is 10.7 Å². The first kappa shape index (κ1) is 7.77. The average Bonchev–Trinajstić information content (AvgIpc) is 2.04. The van der Waals surface area contributed by atoms with Crippen LogP contribution in [0.2, 0.25) is 5.02 Å². The van der Waals surface area contributed by atoms with E-state index in [9.17, 15) is 4.79 Å². The molecule has 1 heterocycles. The predicted octanol–water partition coefficient (Wildman–Crippen LogP) is 1.55. The number of hydrogen-bond acceptors (Lipinski definition) is 2. The fourth-order valence-electron chi connectivity index (χ4n) is 0.621. The monoisotopic (exact) mass is 165 g/mol. The summed E-state index contributed by atoms with van der Waals surface area (Å²) in [4.78, 5) is 14.6. The first-order valence-corrected chi connectivity index (χ1v) is 3.25. The lowest BCUT2D eigenvalue weighted by molar-refractivity contribution is 0.105. The van der Waals surface area contributed by atoms with E-state index in [0.29, 0.717) is 0 Å². The molecule has 0 radical (unpaired) electrons. The summed E-state index contributed by atoms with van der Waals surface area (Å²) in [6.07, 6.45) is 6.34. The number of hydrogen-bond donors (Lipinski definition) is 0. The Kier molecular flexibility index (Phi) is 2.25. The number of carbonyl (C=O) groups is 1. The summed E-state index contributed by atoms with van der Waals surface area (Å²) in [5.41, 5.74) is 0.136. The summed E-state index contributed by atoms with van der Waals surface area (Å²) in [7, 11) is 0. The van der Waals surface area contributed by atoms with E-state index in [1.165, 1.54) is 6.20 Å². The van der Waals surface area contributed by atoms with E-state index >= 15 is 0 Å². The maximum absolute atomic E-state index is 10.9. The van der Waals surface area contributed by atoms with Crippen LogP contribution in [0.25, 0.3) is 0 Å². The van der Waals surface area contributed by atoms with E-state index in [1.54, 1.807) is 12.1 Å². The Morgan fingerprint density at radius 3 is 3.00 bits per heavy atom. The Hall–Kier alpha value is -1.33. The summed E-state index contributed by atoms with van der Waals surface area (Å²) in [5, 5.41) is 0.287. The number of pyridine rings is 1. The molecule has 0 bridgehead atoms. The lowest BCUT2D eigenvalue weighted by Gasteiger charge is -1.93. The quantitative estimate of drug-likeness (QED) is 0.359. The molecular weight excluding hydrogens is 162 g/mol. The smallest absolute Gasteiger partial charge is 0.255 e. The SMILES string of the molecule is C#CC(=O)c1ncccc1Cl. The van der Waals surface area contributed by atoms with Crippen molar-refractivity contribution < 1.29 is 4.79 Å². The van der Waals surface area contributed by atoms with Crippen molar-refractivity contribution in [3.8, 4) is 12.3 Å². The fourth-order valence-corrected chi connectivity index (χ4v) is 0.828. The molecule has 2 nitrogen and oxygen atoms in total. The second-order valence-corrected chi connectivity index (χ2v) is 2.21. The van der Waals surface area contributed by atoms with Crippen LogP contribution in [0, 0.1) is 12.3 Å². The molecule has 0 unspecified atom stereocenters. The highest BCUT2D eigenvalue weighted by molar-refractivity contribution is 6.34. The fraction of sp³-hybridized carbons (Fsp3) is 0. The number of ketones is 1. The van der Waals surface area contributed by atoms with Gasteiger partial charge in [0.05, 0.1) is 5.02 Å². The first-order valence-electron chi connectivity index (χ1n) is 2.87. The van der Waals surface area contributed by atoms with Gasteiger partial charge in [0.2, 0.25) is 0 Å². The Bertz CT molecular complexity index is 327. The van der Waals surface area contributed by atoms with E-state index in [2.05, 4.69) is 4.98 Å². The van der Waals surface area contributed by atoms with E-state index in [4.69, 9.17) is 18.0 Å². The van der Waals surface area contributed by atoms with Gasteiger partial charge in [-0.1, -0.05) is 11.6 Å². The van der Waals surface area contributed by atoms with Crippen molar-refractivity contribution in [1.82, 2.24) is 4.98 Å². The minimum absolute atomic E-state index is 0.136. The van der Waals surface area contributed by atoms with Crippen molar-refractivity contribution >= 4 is 17.4 Å². The van der Waals surface area contributed by atoms with Gasteiger partial charge in [-0.3, -0.25) is 9.78 Å². The van der Waals surface area contributed by atoms with Crippen molar-refractivity contribution in [2.24, 2.45) is 0 Å². The molecule has 11 heavy (non-hydrogen) atoms. The van der Waals surface area contributed by atoms with Crippen molar-refractivity contribution in [3.63, 3.8) is 0 Å². The Balaban J connectivity index is 3.16. The second kappa shape index (κ2) is 3.18. The molecule has 1 aromatic heterocycles. The summed E-state index contributed by atoms with van der Waals surface area (Å²) >= 11 is 5.62. The van der Waals surface area contributed by atoms with Crippen molar-refractivity contribution in [2.75, 3.05) is 0 Å². The third kappa shape index (κ3) is 1.57. The van der Waals surface area contributed by atoms with Crippen LogP contribution in [0.4, 0.5) is 0 Å². The third-order valence-corrected chi connectivity index (χ3v) is 1.41. The number of aromatic nitrogens is 1. The lowest BCUT2D eigenvalue weighted by atomic mass is 10.2. The maximum Gasteiger partial charge on any atom is 0.255 e. The lowest BCUT2D eigenvalue weighted by Crippen LogP contribution is -1.98. The average molecular weight is 166 g/mol. The van der Waals surface area contributed by atoms with Gasteiger partial charge < -0.3 is 0 Å². The molecule has 0 aromatic carbocycles. The zero-order chi connectivity index (χ0) is 8.27. The van der Waals surface area contributed by atoms with E-state index < -0.39 is 5.78 Å². The minimum Gasteiger partial charge on any atom is -0.277 e. The van der Waals surface area contributed by atoms with Gasteiger partial charge in [0.25, 0.3) is 5.78 Å². The molecule has 0 aliphatic carbocycles. The molecule has 0 atom stereocenters. The Labute approximate surface area is 69.2 Å².